The molecule has 0 aliphatic rings. The lowest BCUT2D eigenvalue weighted by atomic mass is 10.1. The fraction of sp³-hybridized carbons (Fsp3) is 0.438. The average molecular weight is 257 g/mol. The topological polar surface area (TPSA) is 29.9 Å². The van der Waals surface area contributed by atoms with Gasteiger partial charge in [0.15, 0.2) is 0 Å². The third kappa shape index (κ3) is 3.24. The van der Waals surface area contributed by atoms with Crippen molar-refractivity contribution in [3.8, 4) is 0 Å². The zero-order valence-corrected chi connectivity index (χ0v) is 12.3. The van der Waals surface area contributed by atoms with Crippen molar-refractivity contribution in [2.75, 3.05) is 6.54 Å². The third-order valence-electron chi connectivity index (χ3n) is 3.67. The van der Waals surface area contributed by atoms with Gasteiger partial charge in [0.2, 0.25) is 0 Å². The van der Waals surface area contributed by atoms with Crippen molar-refractivity contribution >= 4 is 0 Å². The molecule has 0 aliphatic heterocycles. The maximum atomic E-state index is 4.49. The molecule has 1 aromatic heterocycles. The molecule has 1 aromatic carbocycles. The Morgan fingerprint density at radius 2 is 1.95 bits per heavy atom. The van der Waals surface area contributed by atoms with Crippen LogP contribution in [0.25, 0.3) is 0 Å². The molecule has 2 aromatic rings. The molecule has 0 saturated carbocycles. The number of nitrogens with zero attached hydrogens (tertiary/aromatic N) is 2. The molecule has 0 spiro atoms. The fourth-order valence-corrected chi connectivity index (χ4v) is 2.15. The quantitative estimate of drug-likeness (QED) is 0.892. The fourth-order valence-electron chi connectivity index (χ4n) is 2.15. The predicted octanol–water partition coefficient (Wildman–Crippen LogP) is 2.97. The van der Waals surface area contributed by atoms with Crippen molar-refractivity contribution in [3.63, 3.8) is 0 Å². The lowest BCUT2D eigenvalue weighted by Gasteiger charge is -2.08. The normalized spacial score (nSPS) is 10.9. The zero-order chi connectivity index (χ0) is 13.8. The lowest BCUT2D eigenvalue weighted by molar-refractivity contribution is 0.658. The van der Waals surface area contributed by atoms with Crippen LogP contribution < -0.4 is 5.32 Å². The summed E-state index contributed by atoms with van der Waals surface area (Å²) in [6.07, 6.45) is 1.97. The first kappa shape index (κ1) is 13.8. The standard InChI is InChI=1S/C16H23N3/c1-5-17-9-16-10-18-19(14(16)4)11-15-7-6-12(2)13(3)8-15/h6-8,10,17H,5,9,11H2,1-4H3. The molecule has 0 atom stereocenters. The van der Waals surface area contributed by atoms with Crippen molar-refractivity contribution < 1.29 is 0 Å². The van der Waals surface area contributed by atoms with E-state index in [0.29, 0.717) is 0 Å². The van der Waals surface area contributed by atoms with Crippen LogP contribution in [-0.2, 0) is 13.1 Å². The van der Waals surface area contributed by atoms with E-state index >= 15 is 0 Å². The van der Waals surface area contributed by atoms with Gasteiger partial charge < -0.3 is 5.32 Å². The number of hydrogen-bond donors (Lipinski definition) is 1. The minimum Gasteiger partial charge on any atom is -0.313 e. The van der Waals surface area contributed by atoms with Crippen molar-refractivity contribution in [2.45, 2.75) is 40.8 Å². The van der Waals surface area contributed by atoms with Gasteiger partial charge in [0, 0.05) is 17.8 Å². The van der Waals surface area contributed by atoms with Gasteiger partial charge >= 0.3 is 0 Å². The number of rotatable bonds is 5. The maximum absolute atomic E-state index is 4.49. The monoisotopic (exact) mass is 257 g/mol. The molecule has 0 radical (unpaired) electrons. The van der Waals surface area contributed by atoms with Crippen molar-refractivity contribution in [3.05, 3.63) is 52.3 Å². The van der Waals surface area contributed by atoms with E-state index in [4.69, 9.17) is 0 Å². The molecule has 0 unspecified atom stereocenters. The second-order valence-corrected chi connectivity index (χ2v) is 5.11. The summed E-state index contributed by atoms with van der Waals surface area (Å²) in [7, 11) is 0. The van der Waals surface area contributed by atoms with E-state index in [1.54, 1.807) is 0 Å². The molecule has 19 heavy (non-hydrogen) atoms. The Morgan fingerprint density at radius 1 is 1.16 bits per heavy atom. The molecule has 0 amide bonds. The molecule has 0 aliphatic carbocycles. The van der Waals surface area contributed by atoms with E-state index in [-0.39, 0.29) is 0 Å². The molecule has 1 heterocycles. The summed E-state index contributed by atoms with van der Waals surface area (Å²) in [4.78, 5) is 0. The highest BCUT2D eigenvalue weighted by Gasteiger charge is 2.06. The minimum atomic E-state index is 0.846. The van der Waals surface area contributed by atoms with Gasteiger partial charge in [-0.25, -0.2) is 0 Å². The molecule has 3 nitrogen and oxygen atoms in total. The number of aromatic nitrogens is 2. The number of hydrogen-bond acceptors (Lipinski definition) is 2. The summed E-state index contributed by atoms with van der Waals surface area (Å²) in [5, 5.41) is 7.84. The Morgan fingerprint density at radius 3 is 2.63 bits per heavy atom. The Bertz CT molecular complexity index is 555. The smallest absolute Gasteiger partial charge is 0.0662 e. The average Bonchev–Trinajstić information content (AvgIpc) is 2.73. The van der Waals surface area contributed by atoms with E-state index in [9.17, 15) is 0 Å². The third-order valence-corrected chi connectivity index (χ3v) is 3.67. The van der Waals surface area contributed by atoms with Crippen molar-refractivity contribution in [2.24, 2.45) is 0 Å². The van der Waals surface area contributed by atoms with E-state index in [2.05, 4.69) is 61.0 Å². The molecule has 0 saturated heterocycles. The highest BCUT2D eigenvalue weighted by atomic mass is 15.3. The predicted molar refractivity (Wildman–Crippen MR) is 79.4 cm³/mol. The second kappa shape index (κ2) is 6.02. The van der Waals surface area contributed by atoms with Gasteiger partial charge in [0.05, 0.1) is 12.7 Å². The highest BCUT2D eigenvalue weighted by Crippen LogP contribution is 2.13. The highest BCUT2D eigenvalue weighted by molar-refractivity contribution is 5.30. The largest absolute Gasteiger partial charge is 0.313 e. The Kier molecular flexibility index (Phi) is 4.38. The molecule has 0 bridgehead atoms. The first-order valence-electron chi connectivity index (χ1n) is 6.90. The number of nitrogens with one attached hydrogen (secondary N) is 1. The molecule has 102 valence electrons. The summed E-state index contributed by atoms with van der Waals surface area (Å²) in [6.45, 7) is 11.3. The van der Waals surface area contributed by atoms with Gasteiger partial charge in [0.1, 0.15) is 0 Å². The summed E-state index contributed by atoms with van der Waals surface area (Å²) in [6, 6.07) is 6.62. The lowest BCUT2D eigenvalue weighted by Crippen LogP contribution is -2.12. The molecular formula is C16H23N3. The zero-order valence-electron chi connectivity index (χ0n) is 12.3. The van der Waals surface area contributed by atoms with Crippen LogP contribution in [0.5, 0.6) is 0 Å². The van der Waals surface area contributed by atoms with E-state index in [0.717, 1.165) is 19.6 Å². The van der Waals surface area contributed by atoms with Crippen LogP contribution in [-0.4, -0.2) is 16.3 Å². The van der Waals surface area contributed by atoms with E-state index in [1.807, 2.05) is 6.20 Å². The van der Waals surface area contributed by atoms with E-state index < -0.39 is 0 Å². The Labute approximate surface area is 115 Å². The molecule has 1 N–H and O–H groups in total. The van der Waals surface area contributed by atoms with Gasteiger partial charge in [-0.15, -0.1) is 0 Å². The van der Waals surface area contributed by atoms with Gasteiger partial charge in [0.25, 0.3) is 0 Å². The van der Waals surface area contributed by atoms with Crippen LogP contribution in [0.1, 0.15) is 34.9 Å². The molecule has 0 fully saturated rings. The summed E-state index contributed by atoms with van der Waals surface area (Å²) < 4.78 is 2.08. The number of benzene rings is 1. The van der Waals surface area contributed by atoms with E-state index in [1.165, 1.54) is 27.9 Å². The number of aryl methyl sites for hydroxylation is 2. The SMILES string of the molecule is CCNCc1cnn(Cc2ccc(C)c(C)c2)c1C. The van der Waals surface area contributed by atoms with Crippen LogP contribution in [0.15, 0.2) is 24.4 Å². The first-order chi connectivity index (χ1) is 9.11. The minimum absolute atomic E-state index is 0.846. The first-order valence-corrected chi connectivity index (χ1v) is 6.90. The summed E-state index contributed by atoms with van der Waals surface area (Å²) >= 11 is 0. The Balaban J connectivity index is 2.14. The van der Waals surface area contributed by atoms with Crippen LogP contribution in [0, 0.1) is 20.8 Å². The van der Waals surface area contributed by atoms with Crippen molar-refractivity contribution in [1.29, 1.82) is 0 Å². The molecule has 2 rings (SSSR count). The maximum Gasteiger partial charge on any atom is 0.0662 e. The molecule has 3 heteroatoms. The Hall–Kier alpha value is -1.61. The van der Waals surface area contributed by atoms with Gasteiger partial charge in [-0.1, -0.05) is 25.1 Å². The van der Waals surface area contributed by atoms with Crippen molar-refractivity contribution in [1.82, 2.24) is 15.1 Å². The van der Waals surface area contributed by atoms with Crippen LogP contribution in [0.2, 0.25) is 0 Å². The summed E-state index contributed by atoms with van der Waals surface area (Å²) in [5.74, 6) is 0. The second-order valence-electron chi connectivity index (χ2n) is 5.11. The summed E-state index contributed by atoms with van der Waals surface area (Å²) in [5.41, 5.74) is 6.53. The van der Waals surface area contributed by atoms with Gasteiger partial charge in [-0.2, -0.15) is 5.10 Å². The van der Waals surface area contributed by atoms with Gasteiger partial charge in [-0.05, 0) is 44.0 Å². The van der Waals surface area contributed by atoms with Crippen LogP contribution >= 0.6 is 0 Å². The van der Waals surface area contributed by atoms with Crippen LogP contribution in [0.4, 0.5) is 0 Å². The van der Waals surface area contributed by atoms with Crippen LogP contribution in [0.3, 0.4) is 0 Å². The molecular weight excluding hydrogens is 234 g/mol. The van der Waals surface area contributed by atoms with Gasteiger partial charge in [-0.3, -0.25) is 4.68 Å².